The topological polar surface area (TPSA) is 78.9 Å². The molecule has 0 aliphatic carbocycles. The number of carbonyl (C=O) groups is 2. The Morgan fingerprint density at radius 1 is 1.37 bits per heavy atom. The second-order valence-corrected chi connectivity index (χ2v) is 5.66. The van der Waals surface area contributed by atoms with Crippen molar-refractivity contribution in [2.75, 3.05) is 26.8 Å². The summed E-state index contributed by atoms with van der Waals surface area (Å²) >= 11 is 0. The molecule has 0 radical (unpaired) electrons. The lowest BCUT2D eigenvalue weighted by Crippen LogP contribution is -2.49. The Bertz CT molecular complexity index is 300. The maximum absolute atomic E-state index is 11.9. The molecule has 0 saturated carbocycles. The predicted molar refractivity (Wildman–Crippen MR) is 73.1 cm³/mol. The van der Waals surface area contributed by atoms with E-state index >= 15 is 0 Å². The van der Waals surface area contributed by atoms with Gasteiger partial charge in [-0.25, -0.2) is 0 Å². The van der Waals surface area contributed by atoms with Crippen molar-refractivity contribution in [3.05, 3.63) is 0 Å². The maximum Gasteiger partial charge on any atom is 0.304 e. The first-order valence-corrected chi connectivity index (χ1v) is 6.42. The minimum absolute atomic E-state index is 0.0260. The molecule has 0 aromatic carbocycles. The van der Waals surface area contributed by atoms with Gasteiger partial charge in [-0.3, -0.25) is 14.5 Å². The summed E-state index contributed by atoms with van der Waals surface area (Å²) in [7, 11) is 1.58. The molecule has 1 unspecified atom stereocenters. The molecule has 0 aromatic rings. The van der Waals surface area contributed by atoms with Crippen LogP contribution in [0.3, 0.4) is 0 Å². The number of nitrogens with one attached hydrogen (secondary N) is 1. The van der Waals surface area contributed by atoms with Crippen molar-refractivity contribution < 1.29 is 19.4 Å². The largest absolute Gasteiger partial charge is 0.481 e. The van der Waals surface area contributed by atoms with Crippen molar-refractivity contribution in [3.8, 4) is 0 Å². The lowest BCUT2D eigenvalue weighted by molar-refractivity contribution is -0.138. The zero-order valence-corrected chi connectivity index (χ0v) is 12.5. The average molecular weight is 274 g/mol. The van der Waals surface area contributed by atoms with Gasteiger partial charge in [0.2, 0.25) is 5.91 Å². The number of nitrogens with zero attached hydrogens (tertiary/aromatic N) is 1. The van der Waals surface area contributed by atoms with Crippen LogP contribution in [-0.2, 0) is 14.3 Å². The average Bonchev–Trinajstić information content (AvgIpc) is 2.22. The Balaban J connectivity index is 4.39. The number of carbonyl (C=O) groups excluding carboxylic acids is 1. The van der Waals surface area contributed by atoms with Gasteiger partial charge in [0.25, 0.3) is 0 Å². The van der Waals surface area contributed by atoms with Crippen LogP contribution in [0, 0.1) is 0 Å². The van der Waals surface area contributed by atoms with Crippen LogP contribution in [-0.4, -0.2) is 60.3 Å². The molecule has 2 N–H and O–H groups in total. The van der Waals surface area contributed by atoms with E-state index in [9.17, 15) is 9.59 Å². The maximum atomic E-state index is 11.9. The Labute approximate surface area is 115 Å². The van der Waals surface area contributed by atoms with Crippen molar-refractivity contribution in [1.29, 1.82) is 0 Å². The molecule has 0 aliphatic rings. The van der Waals surface area contributed by atoms with Crippen LogP contribution in [0.15, 0.2) is 0 Å². The van der Waals surface area contributed by atoms with Crippen molar-refractivity contribution in [3.63, 3.8) is 0 Å². The Morgan fingerprint density at radius 2 is 1.95 bits per heavy atom. The van der Waals surface area contributed by atoms with Crippen LogP contribution < -0.4 is 5.32 Å². The number of ether oxygens (including phenoxy) is 1. The zero-order valence-electron chi connectivity index (χ0n) is 12.5. The van der Waals surface area contributed by atoms with Crippen LogP contribution in [0.5, 0.6) is 0 Å². The Kier molecular flexibility index (Phi) is 7.63. The van der Waals surface area contributed by atoms with Gasteiger partial charge in [0, 0.05) is 25.2 Å². The third-order valence-corrected chi connectivity index (χ3v) is 2.70. The normalized spacial score (nSPS) is 13.4. The van der Waals surface area contributed by atoms with Crippen molar-refractivity contribution >= 4 is 11.9 Å². The lowest BCUT2D eigenvalue weighted by atomic mass is 10.1. The van der Waals surface area contributed by atoms with Gasteiger partial charge in [-0.1, -0.05) is 0 Å². The fourth-order valence-electron chi connectivity index (χ4n) is 1.67. The first-order chi connectivity index (χ1) is 8.66. The van der Waals surface area contributed by atoms with E-state index in [4.69, 9.17) is 9.84 Å². The van der Waals surface area contributed by atoms with Crippen LogP contribution in [0.1, 0.15) is 34.1 Å². The molecule has 0 heterocycles. The van der Waals surface area contributed by atoms with E-state index in [1.807, 2.05) is 32.6 Å². The summed E-state index contributed by atoms with van der Waals surface area (Å²) in [5.41, 5.74) is -0.253. The highest BCUT2D eigenvalue weighted by molar-refractivity contribution is 5.78. The molecule has 6 nitrogen and oxygen atoms in total. The summed E-state index contributed by atoms with van der Waals surface area (Å²) in [6, 6.07) is -0.0567. The minimum atomic E-state index is -0.859. The number of methoxy groups -OCH3 is 1. The molecule has 0 rings (SSSR count). The number of rotatable bonds is 8. The molecule has 19 heavy (non-hydrogen) atoms. The van der Waals surface area contributed by atoms with Gasteiger partial charge in [0.1, 0.15) is 0 Å². The van der Waals surface area contributed by atoms with Gasteiger partial charge in [-0.2, -0.15) is 0 Å². The van der Waals surface area contributed by atoms with Crippen LogP contribution in [0.2, 0.25) is 0 Å². The van der Waals surface area contributed by atoms with Gasteiger partial charge in [0.15, 0.2) is 0 Å². The second kappa shape index (κ2) is 8.12. The molecule has 0 spiro atoms. The van der Waals surface area contributed by atoms with E-state index in [0.717, 1.165) is 0 Å². The molecule has 0 saturated heterocycles. The molecule has 1 amide bonds. The SMILES string of the molecule is COCC(C)NC(=O)CN(CCC(=O)O)C(C)(C)C. The highest BCUT2D eigenvalue weighted by atomic mass is 16.5. The number of carboxylic acids is 1. The van der Waals surface area contributed by atoms with E-state index in [-0.39, 0.29) is 30.5 Å². The lowest BCUT2D eigenvalue weighted by Gasteiger charge is -2.35. The molecule has 0 fully saturated rings. The summed E-state index contributed by atoms with van der Waals surface area (Å²) in [6.07, 6.45) is 0.0260. The molecule has 0 aromatic heterocycles. The summed E-state index contributed by atoms with van der Waals surface area (Å²) in [5.74, 6) is -0.979. The van der Waals surface area contributed by atoms with E-state index in [0.29, 0.717) is 13.2 Å². The van der Waals surface area contributed by atoms with Gasteiger partial charge in [0.05, 0.1) is 19.6 Å². The van der Waals surface area contributed by atoms with Crippen molar-refractivity contribution in [2.24, 2.45) is 0 Å². The molecular formula is C13H26N2O4. The van der Waals surface area contributed by atoms with E-state index in [1.165, 1.54) is 0 Å². The molecular weight excluding hydrogens is 248 g/mol. The van der Waals surface area contributed by atoms with Gasteiger partial charge in [-0.05, 0) is 27.7 Å². The first kappa shape index (κ1) is 17.9. The van der Waals surface area contributed by atoms with Crippen molar-refractivity contribution in [1.82, 2.24) is 10.2 Å². The van der Waals surface area contributed by atoms with Crippen LogP contribution in [0.25, 0.3) is 0 Å². The highest BCUT2D eigenvalue weighted by Gasteiger charge is 2.24. The smallest absolute Gasteiger partial charge is 0.304 e. The van der Waals surface area contributed by atoms with E-state index in [2.05, 4.69) is 5.32 Å². The summed E-state index contributed by atoms with van der Waals surface area (Å²) in [6.45, 7) is 8.73. The van der Waals surface area contributed by atoms with Crippen LogP contribution >= 0.6 is 0 Å². The Hall–Kier alpha value is -1.14. The first-order valence-electron chi connectivity index (χ1n) is 6.42. The molecule has 6 heteroatoms. The molecule has 112 valence electrons. The fraction of sp³-hybridized carbons (Fsp3) is 0.846. The van der Waals surface area contributed by atoms with E-state index in [1.54, 1.807) is 7.11 Å². The third-order valence-electron chi connectivity index (χ3n) is 2.70. The number of hydrogen-bond donors (Lipinski definition) is 2. The monoisotopic (exact) mass is 274 g/mol. The number of aliphatic carboxylic acids is 1. The quantitative estimate of drug-likeness (QED) is 0.681. The highest BCUT2D eigenvalue weighted by Crippen LogP contribution is 2.13. The molecule has 0 bridgehead atoms. The Morgan fingerprint density at radius 3 is 2.37 bits per heavy atom. The number of amides is 1. The van der Waals surface area contributed by atoms with Crippen molar-refractivity contribution in [2.45, 2.75) is 45.7 Å². The minimum Gasteiger partial charge on any atom is -0.481 e. The fourth-order valence-corrected chi connectivity index (χ4v) is 1.67. The van der Waals surface area contributed by atoms with Gasteiger partial charge >= 0.3 is 5.97 Å². The van der Waals surface area contributed by atoms with Gasteiger partial charge < -0.3 is 15.2 Å². The summed E-state index contributed by atoms with van der Waals surface area (Å²) in [4.78, 5) is 24.4. The van der Waals surface area contributed by atoms with Crippen LogP contribution in [0.4, 0.5) is 0 Å². The summed E-state index contributed by atoms with van der Waals surface area (Å²) in [5, 5.41) is 11.6. The van der Waals surface area contributed by atoms with E-state index < -0.39 is 5.97 Å². The number of hydrogen-bond acceptors (Lipinski definition) is 4. The number of carboxylic acid groups (broad SMARTS) is 1. The van der Waals surface area contributed by atoms with Gasteiger partial charge in [-0.15, -0.1) is 0 Å². The third kappa shape index (κ3) is 8.56. The predicted octanol–water partition coefficient (Wildman–Crippen LogP) is 0.713. The second-order valence-electron chi connectivity index (χ2n) is 5.66. The standard InChI is InChI=1S/C13H26N2O4/c1-10(9-19-5)14-11(16)8-15(13(2,3)4)7-6-12(17)18/h10H,6-9H2,1-5H3,(H,14,16)(H,17,18). The molecule has 1 atom stereocenters. The summed E-state index contributed by atoms with van der Waals surface area (Å²) < 4.78 is 4.95. The molecule has 0 aliphatic heterocycles. The zero-order chi connectivity index (χ0) is 15.1.